The van der Waals surface area contributed by atoms with E-state index in [1.807, 2.05) is 26.0 Å². The molecule has 6 rings (SSSR count). The Kier molecular flexibility index (Phi) is 10.0. The molecule has 2 N–H and O–H groups in total. The molecule has 2 aromatic heterocycles. The summed E-state index contributed by atoms with van der Waals surface area (Å²) in [5.74, 6) is -4.78. The van der Waals surface area contributed by atoms with Crippen LogP contribution < -0.4 is 10.6 Å². The van der Waals surface area contributed by atoms with E-state index < -0.39 is 35.4 Å². The third-order valence-corrected chi connectivity index (χ3v) is 9.78. The predicted octanol–water partition coefficient (Wildman–Crippen LogP) is 10.2. The maximum Gasteiger partial charge on any atom is 0.349 e. The minimum absolute atomic E-state index is 0.00749. The fourth-order valence-electron chi connectivity index (χ4n) is 5.09. The molecule has 0 spiro atoms. The first-order valence-electron chi connectivity index (χ1n) is 15.0. The lowest BCUT2D eigenvalue weighted by molar-refractivity contribution is 0.0401. The molecule has 12 heteroatoms. The van der Waals surface area contributed by atoms with Gasteiger partial charge >= 0.3 is 11.9 Å². The van der Waals surface area contributed by atoms with Crippen LogP contribution in [-0.4, -0.2) is 23.8 Å². The van der Waals surface area contributed by atoms with Crippen molar-refractivity contribution in [3.05, 3.63) is 152 Å². The number of halogens is 3. The predicted molar refractivity (Wildman–Crippen MR) is 192 cm³/mol. The van der Waals surface area contributed by atoms with Crippen LogP contribution in [0.25, 0.3) is 22.3 Å². The zero-order valence-corrected chi connectivity index (χ0v) is 28.7. The van der Waals surface area contributed by atoms with Crippen molar-refractivity contribution in [3.63, 3.8) is 0 Å². The number of amides is 2. The number of carbonyl (C=O) groups is 4. The molecule has 0 saturated carbocycles. The van der Waals surface area contributed by atoms with Crippen LogP contribution >= 0.6 is 34.3 Å². The van der Waals surface area contributed by atoms with E-state index in [0.717, 1.165) is 45.9 Å². The van der Waals surface area contributed by atoms with Gasteiger partial charge in [-0.3, -0.25) is 9.59 Å². The van der Waals surface area contributed by atoms with Crippen molar-refractivity contribution in [2.75, 3.05) is 10.6 Å². The Balaban J connectivity index is 1.39. The average Bonchev–Trinajstić information content (AvgIpc) is 3.70. The Bertz CT molecular complexity index is 2320. The summed E-state index contributed by atoms with van der Waals surface area (Å²) in [6, 6.07) is 22.3. The highest BCUT2D eigenvalue weighted by atomic mass is 35.5. The molecule has 0 aliphatic rings. The molecule has 4 aromatic carbocycles. The van der Waals surface area contributed by atoms with Gasteiger partial charge in [-0.25, -0.2) is 18.4 Å². The topological polar surface area (TPSA) is 102 Å². The fourth-order valence-corrected chi connectivity index (χ4v) is 7.19. The second-order valence-electron chi connectivity index (χ2n) is 11.1. The zero-order valence-electron chi connectivity index (χ0n) is 26.3. The quantitative estimate of drug-likeness (QED) is 0.120. The van der Waals surface area contributed by atoms with E-state index in [2.05, 4.69) is 10.6 Å². The van der Waals surface area contributed by atoms with Crippen LogP contribution in [0.3, 0.4) is 0 Å². The highest BCUT2D eigenvalue weighted by Gasteiger charge is 2.30. The molecule has 0 bridgehead atoms. The van der Waals surface area contributed by atoms with E-state index in [1.54, 1.807) is 41.1 Å². The van der Waals surface area contributed by atoms with Gasteiger partial charge in [-0.05, 0) is 84.6 Å². The SMILES string of the molecule is Cc1ccc(-c2csc(NC(=O)c3cccc(F)c3)c2C(=O)OC(=O)c2c(-c3cccc(Cl)c3)csc2NC(=O)c2cccc(F)c2)cc1C. The minimum Gasteiger partial charge on any atom is -0.386 e. The first-order chi connectivity index (χ1) is 24.0. The number of benzene rings is 4. The summed E-state index contributed by atoms with van der Waals surface area (Å²) in [6.45, 7) is 3.85. The summed E-state index contributed by atoms with van der Waals surface area (Å²) in [7, 11) is 0. The van der Waals surface area contributed by atoms with Crippen LogP contribution in [0.4, 0.5) is 18.8 Å². The number of anilines is 2. The van der Waals surface area contributed by atoms with Crippen molar-refractivity contribution in [3.8, 4) is 22.3 Å². The summed E-state index contributed by atoms with van der Waals surface area (Å²) >= 11 is 8.29. The third kappa shape index (κ3) is 7.40. The molecule has 0 radical (unpaired) electrons. The van der Waals surface area contributed by atoms with Crippen LogP contribution in [-0.2, 0) is 4.74 Å². The van der Waals surface area contributed by atoms with Crippen molar-refractivity contribution < 1.29 is 32.7 Å². The summed E-state index contributed by atoms with van der Waals surface area (Å²) in [5.41, 5.74) is 3.61. The first-order valence-corrected chi connectivity index (χ1v) is 17.1. The molecule has 2 heterocycles. The van der Waals surface area contributed by atoms with Gasteiger partial charge in [0.1, 0.15) is 32.8 Å². The number of esters is 2. The van der Waals surface area contributed by atoms with Gasteiger partial charge in [-0.2, -0.15) is 0 Å². The van der Waals surface area contributed by atoms with Crippen LogP contribution in [0.15, 0.2) is 102 Å². The van der Waals surface area contributed by atoms with Crippen LogP contribution in [0, 0.1) is 25.5 Å². The van der Waals surface area contributed by atoms with E-state index in [-0.39, 0.29) is 32.3 Å². The molecule has 0 unspecified atom stereocenters. The third-order valence-electron chi connectivity index (χ3n) is 7.76. The van der Waals surface area contributed by atoms with Gasteiger partial charge in [0.25, 0.3) is 11.8 Å². The molecule has 7 nitrogen and oxygen atoms in total. The number of hydrogen-bond donors (Lipinski definition) is 2. The van der Waals surface area contributed by atoms with Crippen molar-refractivity contribution in [1.29, 1.82) is 0 Å². The summed E-state index contributed by atoms with van der Waals surface area (Å²) in [6.07, 6.45) is 0. The summed E-state index contributed by atoms with van der Waals surface area (Å²) in [4.78, 5) is 54.3. The molecule has 50 heavy (non-hydrogen) atoms. The minimum atomic E-state index is -1.10. The van der Waals surface area contributed by atoms with Crippen LogP contribution in [0.2, 0.25) is 5.02 Å². The van der Waals surface area contributed by atoms with Crippen molar-refractivity contribution in [2.45, 2.75) is 13.8 Å². The molecule has 2 amide bonds. The van der Waals surface area contributed by atoms with Crippen molar-refractivity contribution in [2.24, 2.45) is 0 Å². The Morgan fingerprint density at radius 2 is 1.12 bits per heavy atom. The van der Waals surface area contributed by atoms with Gasteiger partial charge in [0.15, 0.2) is 0 Å². The highest BCUT2D eigenvalue weighted by molar-refractivity contribution is 7.15. The van der Waals surface area contributed by atoms with Gasteiger partial charge in [-0.1, -0.05) is 54.1 Å². The van der Waals surface area contributed by atoms with Gasteiger partial charge in [0, 0.05) is 38.0 Å². The molecule has 0 fully saturated rings. The Labute approximate surface area is 298 Å². The number of aryl methyl sites for hydroxylation is 2. The Morgan fingerprint density at radius 1 is 0.620 bits per heavy atom. The van der Waals surface area contributed by atoms with E-state index in [9.17, 15) is 28.0 Å². The Hall–Kier alpha value is -5.49. The van der Waals surface area contributed by atoms with Gasteiger partial charge in [0.2, 0.25) is 0 Å². The molecular weight excluding hydrogens is 702 g/mol. The van der Waals surface area contributed by atoms with Gasteiger partial charge < -0.3 is 15.4 Å². The number of hydrogen-bond acceptors (Lipinski definition) is 7. The van der Waals surface area contributed by atoms with Crippen molar-refractivity contribution >= 4 is 68.0 Å². The monoisotopic (exact) mass is 726 g/mol. The molecule has 0 aliphatic heterocycles. The molecule has 6 aromatic rings. The van der Waals surface area contributed by atoms with Gasteiger partial charge in [0.05, 0.1) is 0 Å². The smallest absolute Gasteiger partial charge is 0.349 e. The van der Waals surface area contributed by atoms with E-state index in [0.29, 0.717) is 27.3 Å². The first kappa shape index (κ1) is 34.4. The van der Waals surface area contributed by atoms with Crippen LogP contribution in [0.1, 0.15) is 52.6 Å². The number of thiophene rings is 2. The zero-order chi connectivity index (χ0) is 35.5. The van der Waals surface area contributed by atoms with Crippen LogP contribution in [0.5, 0.6) is 0 Å². The lowest BCUT2D eigenvalue weighted by Crippen LogP contribution is -2.19. The lowest BCUT2D eigenvalue weighted by atomic mass is 9.99. The summed E-state index contributed by atoms with van der Waals surface area (Å²) < 4.78 is 33.3. The van der Waals surface area contributed by atoms with Crippen molar-refractivity contribution in [1.82, 2.24) is 0 Å². The highest BCUT2D eigenvalue weighted by Crippen LogP contribution is 2.40. The van der Waals surface area contributed by atoms with E-state index in [4.69, 9.17) is 16.3 Å². The molecule has 250 valence electrons. The number of nitrogens with one attached hydrogen (secondary N) is 2. The van der Waals surface area contributed by atoms with Gasteiger partial charge in [-0.15, -0.1) is 22.7 Å². The molecule has 0 atom stereocenters. The van der Waals surface area contributed by atoms with E-state index >= 15 is 0 Å². The maximum atomic E-state index is 14.1. The van der Waals surface area contributed by atoms with E-state index in [1.165, 1.54) is 36.4 Å². The number of carbonyl (C=O) groups excluding carboxylic acids is 4. The molecule has 0 aliphatic carbocycles. The second kappa shape index (κ2) is 14.6. The molecule has 0 saturated heterocycles. The largest absolute Gasteiger partial charge is 0.386 e. The molecular formula is C38H25ClF2N2O5S2. The average molecular weight is 727 g/mol. The Morgan fingerprint density at radius 3 is 1.60 bits per heavy atom. The number of ether oxygens (including phenoxy) is 1. The normalized spacial score (nSPS) is 10.8. The number of rotatable bonds is 8. The maximum absolute atomic E-state index is 14.1. The summed E-state index contributed by atoms with van der Waals surface area (Å²) in [5, 5.41) is 9.06. The standard InChI is InChI=1S/C38H25ClF2N2O5S2/c1-20-12-13-23(14-21(20)2)30-19-50-36(43-34(45)25-8-5-11-28(41)17-25)32(30)38(47)48-37(46)31-29(22-6-3-9-26(39)15-22)18-49-35(31)42-33(44)24-7-4-10-27(40)16-24/h3-19H,1-2H3,(H,42,44)(H,43,45). The second-order valence-corrected chi connectivity index (χ2v) is 13.3. The fraction of sp³-hybridized carbons (Fsp3) is 0.0526. The lowest BCUT2D eigenvalue weighted by Gasteiger charge is -2.12.